The van der Waals surface area contributed by atoms with E-state index < -0.39 is 5.97 Å². The van der Waals surface area contributed by atoms with Crippen molar-refractivity contribution in [1.82, 2.24) is 9.97 Å². The molecule has 0 bridgehead atoms. The number of imidazole rings is 1. The topological polar surface area (TPSA) is 72.0 Å². The van der Waals surface area contributed by atoms with Crippen LogP contribution in [0.4, 0.5) is 0 Å². The Bertz CT molecular complexity index is 354. The zero-order valence-electron chi connectivity index (χ0n) is 7.67. The molecule has 5 heteroatoms. The molecule has 1 aromatic rings. The van der Waals surface area contributed by atoms with Gasteiger partial charge in [-0.2, -0.15) is 0 Å². The van der Waals surface area contributed by atoms with E-state index in [9.17, 15) is 9.59 Å². The summed E-state index contributed by atoms with van der Waals surface area (Å²) < 4.78 is 4.48. The van der Waals surface area contributed by atoms with Gasteiger partial charge in [0.05, 0.1) is 7.11 Å². The summed E-state index contributed by atoms with van der Waals surface area (Å²) in [6.45, 7) is 3.03. The van der Waals surface area contributed by atoms with Gasteiger partial charge in [0.1, 0.15) is 0 Å². The van der Waals surface area contributed by atoms with Gasteiger partial charge in [-0.1, -0.05) is 0 Å². The number of nitrogens with one attached hydrogen (secondary N) is 1. The van der Waals surface area contributed by atoms with Crippen molar-refractivity contribution in [2.45, 2.75) is 13.8 Å². The summed E-state index contributed by atoms with van der Waals surface area (Å²) in [5, 5.41) is 0. The highest BCUT2D eigenvalue weighted by Gasteiger charge is 2.16. The van der Waals surface area contributed by atoms with Crippen LogP contribution in [0.3, 0.4) is 0 Å². The first-order valence-electron chi connectivity index (χ1n) is 3.72. The molecule has 1 aromatic heterocycles. The lowest BCUT2D eigenvalue weighted by molar-refractivity contribution is 0.0594. The number of rotatable bonds is 2. The molecule has 5 nitrogen and oxygen atoms in total. The summed E-state index contributed by atoms with van der Waals surface area (Å²) in [5.41, 5.74) is 0.699. The molecular weight excluding hydrogens is 172 g/mol. The van der Waals surface area contributed by atoms with Gasteiger partial charge >= 0.3 is 5.97 Å². The molecule has 1 rings (SSSR count). The van der Waals surface area contributed by atoms with Crippen LogP contribution in [0.5, 0.6) is 0 Å². The molecule has 0 radical (unpaired) electrons. The average molecular weight is 182 g/mol. The Balaban J connectivity index is 3.10. The molecule has 0 unspecified atom stereocenters. The van der Waals surface area contributed by atoms with Gasteiger partial charge in [0.15, 0.2) is 17.3 Å². The number of aromatic amines is 1. The van der Waals surface area contributed by atoms with Gasteiger partial charge < -0.3 is 9.72 Å². The van der Waals surface area contributed by atoms with Crippen LogP contribution >= 0.6 is 0 Å². The molecule has 0 aliphatic rings. The third-order valence-electron chi connectivity index (χ3n) is 1.60. The monoisotopic (exact) mass is 182 g/mol. The zero-order chi connectivity index (χ0) is 10.0. The lowest BCUT2D eigenvalue weighted by Crippen LogP contribution is -2.04. The van der Waals surface area contributed by atoms with E-state index in [1.54, 1.807) is 6.92 Å². The standard InChI is InChI=1S/C8H10N2O3/c1-4-6(8(12)13-3)10-7(9-4)5(2)11/h1-3H3,(H,9,10). The highest BCUT2D eigenvalue weighted by atomic mass is 16.5. The maximum Gasteiger partial charge on any atom is 0.358 e. The van der Waals surface area contributed by atoms with Crippen LogP contribution in [0.15, 0.2) is 0 Å². The number of hydrogen-bond acceptors (Lipinski definition) is 4. The van der Waals surface area contributed by atoms with E-state index in [2.05, 4.69) is 14.7 Å². The van der Waals surface area contributed by atoms with Crippen LogP contribution in [0.1, 0.15) is 33.7 Å². The summed E-state index contributed by atoms with van der Waals surface area (Å²) in [5.74, 6) is -0.572. The van der Waals surface area contributed by atoms with Crippen LogP contribution in [0, 0.1) is 6.92 Å². The van der Waals surface area contributed by atoms with Crippen molar-refractivity contribution >= 4 is 11.8 Å². The van der Waals surface area contributed by atoms with Gasteiger partial charge in [-0.05, 0) is 6.92 Å². The van der Waals surface area contributed by atoms with Gasteiger partial charge in [-0.3, -0.25) is 4.79 Å². The SMILES string of the molecule is COC(=O)c1nc(C(C)=O)[nH]c1C. The maximum absolute atomic E-state index is 11.1. The molecule has 0 spiro atoms. The minimum Gasteiger partial charge on any atom is -0.464 e. The Hall–Kier alpha value is -1.65. The highest BCUT2D eigenvalue weighted by molar-refractivity contribution is 5.94. The summed E-state index contributed by atoms with van der Waals surface area (Å²) >= 11 is 0. The number of H-pyrrole nitrogens is 1. The highest BCUT2D eigenvalue weighted by Crippen LogP contribution is 2.06. The summed E-state index contributed by atoms with van der Waals surface area (Å²) in [4.78, 5) is 28.4. The van der Waals surface area contributed by atoms with E-state index in [4.69, 9.17) is 0 Å². The Morgan fingerprint density at radius 1 is 1.46 bits per heavy atom. The fourth-order valence-electron chi connectivity index (χ4n) is 0.923. The van der Waals surface area contributed by atoms with E-state index in [0.717, 1.165) is 0 Å². The van der Waals surface area contributed by atoms with Crippen molar-refractivity contribution in [2.24, 2.45) is 0 Å². The van der Waals surface area contributed by atoms with Gasteiger partial charge in [0, 0.05) is 12.6 Å². The zero-order valence-corrected chi connectivity index (χ0v) is 7.67. The number of Topliss-reactive ketones (excluding diaryl/α,β-unsaturated/α-hetero) is 1. The van der Waals surface area contributed by atoms with Gasteiger partial charge in [0.2, 0.25) is 0 Å². The molecule has 13 heavy (non-hydrogen) atoms. The fraction of sp³-hybridized carbons (Fsp3) is 0.375. The van der Waals surface area contributed by atoms with E-state index in [0.29, 0.717) is 5.69 Å². The van der Waals surface area contributed by atoms with Crippen molar-refractivity contribution in [3.63, 3.8) is 0 Å². The van der Waals surface area contributed by atoms with Crippen molar-refractivity contribution in [3.05, 3.63) is 17.2 Å². The molecule has 0 aliphatic carbocycles. The first-order chi connectivity index (χ1) is 6.06. The Morgan fingerprint density at radius 3 is 2.46 bits per heavy atom. The van der Waals surface area contributed by atoms with E-state index in [1.807, 2.05) is 0 Å². The quantitative estimate of drug-likeness (QED) is 0.540. The molecule has 0 atom stereocenters. The molecule has 0 amide bonds. The second-order valence-corrected chi connectivity index (χ2v) is 2.61. The third-order valence-corrected chi connectivity index (χ3v) is 1.60. The molecule has 1 heterocycles. The number of carbonyl (C=O) groups is 2. The second kappa shape index (κ2) is 3.38. The molecule has 0 fully saturated rings. The number of esters is 1. The number of methoxy groups -OCH3 is 1. The van der Waals surface area contributed by atoms with Crippen LogP contribution in [0.25, 0.3) is 0 Å². The molecule has 0 saturated heterocycles. The van der Waals surface area contributed by atoms with Crippen LogP contribution in [0.2, 0.25) is 0 Å². The van der Waals surface area contributed by atoms with Crippen LogP contribution in [-0.4, -0.2) is 28.8 Å². The van der Waals surface area contributed by atoms with E-state index in [-0.39, 0.29) is 17.3 Å². The first kappa shape index (κ1) is 9.44. The summed E-state index contributed by atoms with van der Waals surface area (Å²) in [6, 6.07) is 0. The van der Waals surface area contributed by atoms with Crippen molar-refractivity contribution in [3.8, 4) is 0 Å². The summed E-state index contributed by atoms with van der Waals surface area (Å²) in [7, 11) is 1.27. The van der Waals surface area contributed by atoms with Gasteiger partial charge in [-0.25, -0.2) is 9.78 Å². The van der Waals surface area contributed by atoms with Gasteiger partial charge in [-0.15, -0.1) is 0 Å². The number of aromatic nitrogens is 2. The van der Waals surface area contributed by atoms with Crippen molar-refractivity contribution < 1.29 is 14.3 Å². The fourth-order valence-corrected chi connectivity index (χ4v) is 0.923. The minimum atomic E-state index is -0.541. The minimum absolute atomic E-state index is 0.160. The van der Waals surface area contributed by atoms with Crippen molar-refractivity contribution in [2.75, 3.05) is 7.11 Å². The number of nitrogens with zero attached hydrogens (tertiary/aromatic N) is 1. The van der Waals surface area contributed by atoms with Crippen molar-refractivity contribution in [1.29, 1.82) is 0 Å². The number of ketones is 1. The molecule has 0 aromatic carbocycles. The normalized spacial score (nSPS) is 9.77. The van der Waals surface area contributed by atoms with E-state index >= 15 is 0 Å². The predicted molar refractivity (Wildman–Crippen MR) is 44.7 cm³/mol. The third kappa shape index (κ3) is 1.74. The Labute approximate surface area is 75.1 Å². The lowest BCUT2D eigenvalue weighted by Gasteiger charge is -1.93. The smallest absolute Gasteiger partial charge is 0.358 e. The first-order valence-corrected chi connectivity index (χ1v) is 3.72. The maximum atomic E-state index is 11.1. The second-order valence-electron chi connectivity index (χ2n) is 2.61. The average Bonchev–Trinajstić information content (AvgIpc) is 2.46. The number of carbonyl (C=O) groups excluding carboxylic acids is 2. The number of hydrogen-bond donors (Lipinski definition) is 1. The van der Waals surface area contributed by atoms with Gasteiger partial charge in [0.25, 0.3) is 0 Å². The number of ether oxygens (including phenoxy) is 1. The Morgan fingerprint density at radius 2 is 2.08 bits per heavy atom. The largest absolute Gasteiger partial charge is 0.464 e. The molecule has 0 aliphatic heterocycles. The summed E-state index contributed by atoms with van der Waals surface area (Å²) in [6.07, 6.45) is 0. The van der Waals surface area contributed by atoms with Crippen LogP contribution < -0.4 is 0 Å². The van der Waals surface area contributed by atoms with Crippen LogP contribution in [-0.2, 0) is 4.74 Å². The molecular formula is C8H10N2O3. The molecule has 70 valence electrons. The lowest BCUT2D eigenvalue weighted by atomic mass is 10.3. The number of aryl methyl sites for hydroxylation is 1. The molecule has 0 saturated carbocycles. The van der Waals surface area contributed by atoms with E-state index in [1.165, 1.54) is 14.0 Å². The molecule has 1 N–H and O–H groups in total. The predicted octanol–water partition coefficient (Wildman–Crippen LogP) is 0.707. The Kier molecular flexibility index (Phi) is 2.46.